The second-order valence-electron chi connectivity index (χ2n) is 15.8. The molecule has 1 aliphatic heterocycles. The van der Waals surface area contributed by atoms with Gasteiger partial charge in [-0.2, -0.15) is 41.6 Å². The maximum Gasteiger partial charge on any atom is 0.0920 e. The molecule has 2 unspecified atom stereocenters. The zero-order chi connectivity index (χ0) is 42.4. The third-order valence-corrected chi connectivity index (χ3v) is 13.2. The summed E-state index contributed by atoms with van der Waals surface area (Å²) < 4.78 is 0. The molecule has 0 N–H and O–H groups in total. The Morgan fingerprint density at radius 1 is 0.567 bits per heavy atom. The molecule has 8 aromatic rings. The first kappa shape index (κ1) is 45.7. The van der Waals surface area contributed by atoms with Crippen LogP contribution >= 0.6 is 17.0 Å². The van der Waals surface area contributed by atoms with Crippen molar-refractivity contribution >= 4 is 58.5 Å². The Hall–Kier alpha value is -3.78. The fraction of sp³-hybridized carbons (Fsp3) is 0.250. The molecule has 0 bridgehead atoms. The minimum Gasteiger partial charge on any atom is -0.184 e. The van der Waals surface area contributed by atoms with Gasteiger partial charge < -0.3 is 0 Å². The number of benzene rings is 6. The van der Waals surface area contributed by atoms with Crippen LogP contribution < -0.4 is 10.4 Å². The van der Waals surface area contributed by atoms with Crippen LogP contribution in [0.5, 0.6) is 0 Å². The van der Waals surface area contributed by atoms with E-state index in [-0.39, 0.29) is 0 Å². The van der Waals surface area contributed by atoms with E-state index in [1.54, 1.807) is 0 Å². The SMILES string of the molecule is CCCc1cc2c(-c3ccccc3)c(C(C)CC)ccc2[cH-]1.CCCc1cc2c(-c3ccccc3)c(C(C)CC)ccc2[cH-]1.[Cl][Zr][Cl].[c-]1cccc2c1[Si]c1ccccc1-2. The quantitative estimate of drug-likeness (QED) is 0.0947. The largest absolute Gasteiger partial charge is 0.184 e. The summed E-state index contributed by atoms with van der Waals surface area (Å²) in [5.74, 6) is 1.17. The van der Waals surface area contributed by atoms with Crippen molar-refractivity contribution < 1.29 is 20.8 Å². The molecule has 306 valence electrons. The van der Waals surface area contributed by atoms with Crippen LogP contribution in [0.4, 0.5) is 0 Å². The van der Waals surface area contributed by atoms with Crippen molar-refractivity contribution in [1.82, 2.24) is 0 Å². The van der Waals surface area contributed by atoms with Gasteiger partial charge in [0.05, 0.1) is 9.52 Å². The molecule has 9 rings (SSSR count). The predicted molar refractivity (Wildman–Crippen MR) is 263 cm³/mol. The second-order valence-corrected chi connectivity index (χ2v) is 20.9. The van der Waals surface area contributed by atoms with Crippen molar-refractivity contribution in [3.63, 3.8) is 0 Å². The van der Waals surface area contributed by atoms with E-state index >= 15 is 0 Å². The van der Waals surface area contributed by atoms with Crippen LogP contribution in [0, 0.1) is 6.07 Å². The average molecular weight is 920 g/mol. The number of rotatable bonds is 10. The Morgan fingerprint density at radius 3 is 1.48 bits per heavy atom. The third-order valence-electron chi connectivity index (χ3n) is 11.8. The molecule has 2 atom stereocenters. The molecule has 0 amide bonds. The van der Waals surface area contributed by atoms with Gasteiger partial charge in [-0.05, 0) is 48.6 Å². The standard InChI is InChI=1S/2C22H25.C12H7Si.2ClH.Zr/c2*1-4-9-17-14-19-12-13-20(16(3)5-2)22(21(19)15-17)18-10-7-6-8-11-18;1-3-7-11-9(5-1)10-6-2-4-8-12(10)13-11;;;/h2*6-8,10-16H,4-5,9H2,1-3H3;1-7H;2*1H;/q3*-1;;;+2/p-2. The molecule has 0 aliphatic carbocycles. The molecule has 60 heavy (non-hydrogen) atoms. The van der Waals surface area contributed by atoms with Gasteiger partial charge in [0, 0.05) is 0 Å². The summed E-state index contributed by atoms with van der Waals surface area (Å²) in [5.41, 5.74) is 14.2. The van der Waals surface area contributed by atoms with Crippen molar-refractivity contribution in [3.05, 3.63) is 180 Å². The van der Waals surface area contributed by atoms with Gasteiger partial charge in [0.1, 0.15) is 0 Å². The monoisotopic (exact) mass is 917 g/mol. The summed E-state index contributed by atoms with van der Waals surface area (Å²) >= 11 is -0.826. The average Bonchev–Trinajstić information content (AvgIpc) is 4.01. The van der Waals surface area contributed by atoms with Gasteiger partial charge in [-0.3, -0.25) is 0 Å². The first-order valence-electron chi connectivity index (χ1n) is 21.7. The zero-order valence-electron chi connectivity index (χ0n) is 36.1. The van der Waals surface area contributed by atoms with E-state index < -0.39 is 20.8 Å². The minimum atomic E-state index is -0.826. The molecule has 4 heteroatoms. The van der Waals surface area contributed by atoms with Gasteiger partial charge in [-0.1, -0.05) is 172 Å². The molecule has 0 saturated carbocycles. The Bertz CT molecular complexity index is 2370. The van der Waals surface area contributed by atoms with Gasteiger partial charge >= 0.3 is 37.9 Å². The smallest absolute Gasteiger partial charge is 0.0920 e. The molecule has 2 radical (unpaired) electrons. The van der Waals surface area contributed by atoms with Gasteiger partial charge in [0.15, 0.2) is 0 Å². The van der Waals surface area contributed by atoms with Crippen LogP contribution in [-0.4, -0.2) is 9.52 Å². The topological polar surface area (TPSA) is 0 Å². The van der Waals surface area contributed by atoms with E-state index in [1.807, 2.05) is 6.07 Å². The maximum atomic E-state index is 4.93. The Balaban J connectivity index is 0.000000150. The molecule has 0 nitrogen and oxygen atoms in total. The molecule has 0 fully saturated rings. The van der Waals surface area contributed by atoms with Crippen LogP contribution in [0.25, 0.3) is 54.9 Å². The van der Waals surface area contributed by atoms with E-state index in [4.69, 9.17) is 17.0 Å². The van der Waals surface area contributed by atoms with Crippen molar-refractivity contribution in [1.29, 1.82) is 0 Å². The molecule has 1 aliphatic rings. The number of aryl methyl sites for hydroxylation is 2. The van der Waals surface area contributed by atoms with Gasteiger partial charge in [0.25, 0.3) is 0 Å². The first-order valence-corrected chi connectivity index (χ1v) is 29.1. The minimum absolute atomic E-state index is 0.587. The molecule has 0 saturated heterocycles. The van der Waals surface area contributed by atoms with E-state index in [1.165, 1.54) is 126 Å². The normalized spacial score (nSPS) is 12.2. The predicted octanol–water partition coefficient (Wildman–Crippen LogP) is 15.9. The Labute approximate surface area is 381 Å². The van der Waals surface area contributed by atoms with E-state index in [2.05, 4.69) is 193 Å². The van der Waals surface area contributed by atoms with Crippen LogP contribution in [0.3, 0.4) is 0 Å². The number of hydrogen-bond acceptors (Lipinski definition) is 0. The van der Waals surface area contributed by atoms with Crippen LogP contribution in [0.2, 0.25) is 0 Å². The molecule has 0 spiro atoms. The second kappa shape index (κ2) is 22.9. The first-order chi connectivity index (χ1) is 29.3. The van der Waals surface area contributed by atoms with E-state index in [0.29, 0.717) is 11.8 Å². The molecule has 8 aromatic carbocycles. The summed E-state index contributed by atoms with van der Waals surface area (Å²) in [6.45, 7) is 13.7. The summed E-state index contributed by atoms with van der Waals surface area (Å²) in [6, 6.07) is 58.8. The number of halogens is 2. The Kier molecular flexibility index (Phi) is 17.4. The van der Waals surface area contributed by atoms with Gasteiger partial charge in [-0.25, -0.2) is 0 Å². The molecule has 0 aromatic heterocycles. The summed E-state index contributed by atoms with van der Waals surface area (Å²) in [7, 11) is 10.7. The van der Waals surface area contributed by atoms with Crippen molar-refractivity contribution in [2.24, 2.45) is 0 Å². The molecular weight excluding hydrogens is 863 g/mol. The van der Waals surface area contributed by atoms with Gasteiger partial charge in [0.2, 0.25) is 0 Å². The number of hydrogen-bond donors (Lipinski definition) is 0. The fourth-order valence-electron chi connectivity index (χ4n) is 8.43. The third kappa shape index (κ3) is 11.0. The fourth-order valence-corrected chi connectivity index (χ4v) is 9.74. The summed E-state index contributed by atoms with van der Waals surface area (Å²) in [6.07, 6.45) is 7.09. The molecular formula is C56H57Cl2SiZr-3. The zero-order valence-corrected chi connectivity index (χ0v) is 41.1. The van der Waals surface area contributed by atoms with E-state index in [0.717, 1.165) is 9.52 Å². The summed E-state index contributed by atoms with van der Waals surface area (Å²) in [4.78, 5) is 0. The van der Waals surface area contributed by atoms with Crippen molar-refractivity contribution in [3.8, 4) is 33.4 Å². The Morgan fingerprint density at radius 2 is 1.02 bits per heavy atom. The van der Waals surface area contributed by atoms with Crippen molar-refractivity contribution in [2.75, 3.05) is 0 Å². The van der Waals surface area contributed by atoms with E-state index in [9.17, 15) is 0 Å². The van der Waals surface area contributed by atoms with Crippen LogP contribution in [0.15, 0.2) is 152 Å². The maximum absolute atomic E-state index is 4.93. The molecule has 1 heterocycles. The van der Waals surface area contributed by atoms with Crippen LogP contribution in [0.1, 0.15) is 101 Å². The summed E-state index contributed by atoms with van der Waals surface area (Å²) in [5, 5.41) is 8.44. The number of fused-ring (bicyclic) bond motifs is 5. The van der Waals surface area contributed by atoms with Crippen LogP contribution in [-0.2, 0) is 33.7 Å². The van der Waals surface area contributed by atoms with Gasteiger partial charge in [-0.15, -0.1) is 74.6 Å². The van der Waals surface area contributed by atoms with Crippen molar-refractivity contribution in [2.45, 2.75) is 91.9 Å².